The van der Waals surface area contributed by atoms with Crippen LogP contribution >= 0.6 is 11.3 Å². The third-order valence-corrected chi connectivity index (χ3v) is 4.10. The second kappa shape index (κ2) is 5.45. The molecule has 0 fully saturated rings. The molecule has 0 aromatic carbocycles. The maximum absolute atomic E-state index is 11.2. The lowest BCUT2D eigenvalue weighted by Crippen LogP contribution is -2.01. The predicted octanol–water partition coefficient (Wildman–Crippen LogP) is 3.14. The molecule has 0 aliphatic rings. The molecule has 0 aliphatic heterocycles. The van der Waals surface area contributed by atoms with Crippen LogP contribution in [0.2, 0.25) is 0 Å². The van der Waals surface area contributed by atoms with Gasteiger partial charge < -0.3 is 9.84 Å². The highest BCUT2D eigenvalue weighted by atomic mass is 32.1. The van der Waals surface area contributed by atoms with Crippen LogP contribution in [-0.4, -0.2) is 26.0 Å². The van der Waals surface area contributed by atoms with Crippen molar-refractivity contribution in [3.05, 3.63) is 41.3 Å². The van der Waals surface area contributed by atoms with E-state index in [0.717, 1.165) is 16.6 Å². The number of carbonyl (C=O) groups is 1. The highest BCUT2D eigenvalue weighted by Gasteiger charge is 2.15. The number of thiophene rings is 1. The summed E-state index contributed by atoms with van der Waals surface area (Å²) in [4.78, 5) is 25.4. The van der Waals surface area contributed by atoms with Crippen molar-refractivity contribution in [3.63, 3.8) is 0 Å². The molecule has 0 radical (unpaired) electrons. The standard InChI is InChI=1S/C14H11N3O3S/c1-2-8-5-10-12(16-7-17-13(10)21-8)20-11-6-15-4-3-9(11)14(18)19/h3-7H,2H2,1H3,(H,18,19). The van der Waals surface area contributed by atoms with Gasteiger partial charge in [-0.25, -0.2) is 14.8 Å². The lowest BCUT2D eigenvalue weighted by Gasteiger charge is -2.07. The van der Waals surface area contributed by atoms with Gasteiger partial charge in [-0.05, 0) is 18.6 Å². The summed E-state index contributed by atoms with van der Waals surface area (Å²) in [5.41, 5.74) is 0.0442. The third-order valence-electron chi connectivity index (χ3n) is 2.91. The average molecular weight is 301 g/mol. The zero-order valence-corrected chi connectivity index (χ0v) is 11.9. The fraction of sp³-hybridized carbons (Fsp3) is 0.143. The Hall–Kier alpha value is -2.54. The van der Waals surface area contributed by atoms with Gasteiger partial charge in [-0.3, -0.25) is 4.98 Å². The van der Waals surface area contributed by atoms with E-state index >= 15 is 0 Å². The monoisotopic (exact) mass is 301 g/mol. The van der Waals surface area contributed by atoms with Gasteiger partial charge >= 0.3 is 5.97 Å². The molecule has 0 spiro atoms. The van der Waals surface area contributed by atoms with Crippen LogP contribution in [0.15, 0.2) is 30.9 Å². The first-order chi connectivity index (χ1) is 10.2. The summed E-state index contributed by atoms with van der Waals surface area (Å²) in [6.45, 7) is 2.06. The van der Waals surface area contributed by atoms with Crippen molar-refractivity contribution in [2.24, 2.45) is 0 Å². The molecule has 6 nitrogen and oxygen atoms in total. The zero-order valence-electron chi connectivity index (χ0n) is 11.1. The van der Waals surface area contributed by atoms with Crippen molar-refractivity contribution in [2.75, 3.05) is 0 Å². The largest absolute Gasteiger partial charge is 0.478 e. The highest BCUT2D eigenvalue weighted by Crippen LogP contribution is 2.33. The van der Waals surface area contributed by atoms with Crippen LogP contribution < -0.4 is 4.74 Å². The second-order valence-electron chi connectivity index (χ2n) is 4.24. The molecule has 3 aromatic rings. The Morgan fingerprint density at radius 2 is 2.29 bits per heavy atom. The van der Waals surface area contributed by atoms with Gasteiger partial charge in [-0.1, -0.05) is 6.92 Å². The molecular weight excluding hydrogens is 290 g/mol. The van der Waals surface area contributed by atoms with E-state index in [2.05, 4.69) is 21.9 Å². The SMILES string of the molecule is CCc1cc2c(Oc3cnccc3C(=O)O)ncnc2s1. The number of aromatic nitrogens is 3. The number of carboxylic acid groups (broad SMARTS) is 1. The van der Waals surface area contributed by atoms with E-state index in [9.17, 15) is 4.79 Å². The van der Waals surface area contributed by atoms with Crippen LogP contribution in [0.5, 0.6) is 11.6 Å². The van der Waals surface area contributed by atoms with Gasteiger partial charge in [0, 0.05) is 11.1 Å². The van der Waals surface area contributed by atoms with Crippen LogP contribution in [0.25, 0.3) is 10.2 Å². The number of hydrogen-bond acceptors (Lipinski definition) is 6. The highest BCUT2D eigenvalue weighted by molar-refractivity contribution is 7.18. The Bertz CT molecular complexity index is 816. The van der Waals surface area contributed by atoms with Crippen molar-refractivity contribution < 1.29 is 14.6 Å². The van der Waals surface area contributed by atoms with Crippen molar-refractivity contribution in [2.45, 2.75) is 13.3 Å². The minimum atomic E-state index is -1.07. The summed E-state index contributed by atoms with van der Waals surface area (Å²) < 4.78 is 5.65. The number of aryl methyl sites for hydroxylation is 1. The molecule has 0 amide bonds. The molecule has 0 aliphatic carbocycles. The molecule has 0 saturated heterocycles. The fourth-order valence-electron chi connectivity index (χ4n) is 1.88. The molecular formula is C14H11N3O3S. The Labute approximate surface area is 124 Å². The van der Waals surface area contributed by atoms with E-state index in [0.29, 0.717) is 5.88 Å². The first-order valence-corrected chi connectivity index (χ1v) is 7.09. The summed E-state index contributed by atoms with van der Waals surface area (Å²) in [5.74, 6) is -0.571. The summed E-state index contributed by atoms with van der Waals surface area (Å²) in [7, 11) is 0. The molecule has 3 rings (SSSR count). The van der Waals surface area contributed by atoms with Gasteiger partial charge in [-0.2, -0.15) is 0 Å². The van der Waals surface area contributed by atoms with E-state index in [-0.39, 0.29) is 11.3 Å². The molecule has 0 bridgehead atoms. The number of rotatable bonds is 4. The van der Waals surface area contributed by atoms with E-state index in [1.165, 1.54) is 29.7 Å². The average Bonchev–Trinajstić information content (AvgIpc) is 2.92. The van der Waals surface area contributed by atoms with Gasteiger partial charge in [0.2, 0.25) is 5.88 Å². The van der Waals surface area contributed by atoms with Crippen LogP contribution in [0, 0.1) is 0 Å². The smallest absolute Gasteiger partial charge is 0.339 e. The normalized spacial score (nSPS) is 10.7. The van der Waals surface area contributed by atoms with E-state index < -0.39 is 5.97 Å². The molecule has 0 atom stereocenters. The number of nitrogens with zero attached hydrogens (tertiary/aromatic N) is 3. The van der Waals surface area contributed by atoms with Crippen LogP contribution in [0.4, 0.5) is 0 Å². The lowest BCUT2D eigenvalue weighted by atomic mass is 10.2. The fourth-order valence-corrected chi connectivity index (χ4v) is 2.81. The van der Waals surface area contributed by atoms with Crippen molar-refractivity contribution in [3.8, 4) is 11.6 Å². The number of carboxylic acids is 1. The van der Waals surface area contributed by atoms with Crippen molar-refractivity contribution in [1.82, 2.24) is 15.0 Å². The summed E-state index contributed by atoms with van der Waals surface area (Å²) in [6.07, 6.45) is 5.08. The van der Waals surface area contributed by atoms with Crippen LogP contribution in [0.3, 0.4) is 0 Å². The number of pyridine rings is 1. The number of fused-ring (bicyclic) bond motifs is 1. The molecule has 106 valence electrons. The number of hydrogen-bond donors (Lipinski definition) is 1. The van der Waals surface area contributed by atoms with Crippen LogP contribution in [-0.2, 0) is 6.42 Å². The predicted molar refractivity (Wildman–Crippen MR) is 78.1 cm³/mol. The summed E-state index contributed by atoms with van der Waals surface area (Å²) in [5, 5.41) is 9.94. The molecule has 21 heavy (non-hydrogen) atoms. The molecule has 3 heterocycles. The third kappa shape index (κ3) is 2.55. The Kier molecular flexibility index (Phi) is 3.49. The number of aromatic carboxylic acids is 1. The maximum Gasteiger partial charge on any atom is 0.339 e. The molecule has 1 N–H and O–H groups in total. The Morgan fingerprint density at radius 1 is 1.43 bits per heavy atom. The minimum Gasteiger partial charge on any atom is -0.478 e. The maximum atomic E-state index is 11.2. The zero-order chi connectivity index (χ0) is 14.8. The van der Waals surface area contributed by atoms with Gasteiger partial charge in [-0.15, -0.1) is 11.3 Å². The molecule has 7 heteroatoms. The minimum absolute atomic E-state index is 0.0442. The molecule has 0 saturated carbocycles. The molecule has 3 aromatic heterocycles. The van der Waals surface area contributed by atoms with Gasteiger partial charge in [0.25, 0.3) is 0 Å². The molecule has 0 unspecified atom stereocenters. The van der Waals surface area contributed by atoms with Gasteiger partial charge in [0.05, 0.1) is 11.6 Å². The van der Waals surface area contributed by atoms with Gasteiger partial charge in [0.15, 0.2) is 5.75 Å². The number of ether oxygens (including phenoxy) is 1. The van der Waals surface area contributed by atoms with E-state index in [4.69, 9.17) is 9.84 Å². The van der Waals surface area contributed by atoms with Gasteiger partial charge in [0.1, 0.15) is 16.7 Å². The van der Waals surface area contributed by atoms with Crippen molar-refractivity contribution >= 4 is 27.5 Å². The Balaban J connectivity index is 2.06. The second-order valence-corrected chi connectivity index (χ2v) is 5.36. The van der Waals surface area contributed by atoms with E-state index in [1.807, 2.05) is 6.07 Å². The topological polar surface area (TPSA) is 85.2 Å². The first-order valence-electron chi connectivity index (χ1n) is 6.27. The quantitative estimate of drug-likeness (QED) is 0.796. The summed E-state index contributed by atoms with van der Waals surface area (Å²) in [6, 6.07) is 3.35. The first kappa shape index (κ1) is 13.4. The van der Waals surface area contributed by atoms with Crippen molar-refractivity contribution in [1.29, 1.82) is 0 Å². The van der Waals surface area contributed by atoms with E-state index in [1.54, 1.807) is 11.3 Å². The lowest BCUT2D eigenvalue weighted by molar-refractivity contribution is 0.0694. The van der Waals surface area contributed by atoms with Crippen LogP contribution in [0.1, 0.15) is 22.2 Å². The Morgan fingerprint density at radius 3 is 3.05 bits per heavy atom. The summed E-state index contributed by atoms with van der Waals surface area (Å²) >= 11 is 1.57.